The topological polar surface area (TPSA) is 146 Å². The fourth-order valence-electron chi connectivity index (χ4n) is 3.29. The fourth-order valence-corrected chi connectivity index (χ4v) is 7.11. The normalized spacial score (nSPS) is 20.4. The van der Waals surface area contributed by atoms with Gasteiger partial charge < -0.3 is 21.0 Å². The average molecular weight is 549 g/mol. The third kappa shape index (κ3) is 5.65. The molecule has 33 heavy (non-hydrogen) atoms. The summed E-state index contributed by atoms with van der Waals surface area (Å²) in [5.74, 6) is -2.15. The van der Waals surface area contributed by atoms with Crippen molar-refractivity contribution in [1.29, 1.82) is 0 Å². The number of rotatable bonds is 7. The van der Waals surface area contributed by atoms with Crippen molar-refractivity contribution in [3.8, 4) is 0 Å². The van der Waals surface area contributed by atoms with Gasteiger partial charge in [0.15, 0.2) is 5.01 Å². The molecule has 0 saturated carbocycles. The van der Waals surface area contributed by atoms with Crippen LogP contribution in [-0.4, -0.2) is 55.7 Å². The van der Waals surface area contributed by atoms with E-state index in [1.54, 1.807) is 23.7 Å². The summed E-state index contributed by atoms with van der Waals surface area (Å²) in [6.45, 7) is 1.84. The van der Waals surface area contributed by atoms with E-state index in [1.165, 1.54) is 34.4 Å². The van der Waals surface area contributed by atoms with Crippen molar-refractivity contribution in [3.63, 3.8) is 0 Å². The van der Waals surface area contributed by atoms with Gasteiger partial charge in [-0.25, -0.2) is 4.98 Å². The summed E-state index contributed by atoms with van der Waals surface area (Å²) in [5.41, 5.74) is 6.14. The van der Waals surface area contributed by atoms with Crippen molar-refractivity contribution in [2.45, 2.75) is 24.4 Å². The Kier molecular flexibility index (Phi) is 9.39. The molecule has 2 aliphatic rings. The maximum absolute atomic E-state index is 12.7. The molecule has 2 aliphatic heterocycles. The molecule has 0 bridgehead atoms. The number of carbonyl (C=O) groups is 4. The van der Waals surface area contributed by atoms with Crippen LogP contribution in [0.25, 0.3) is 0 Å². The van der Waals surface area contributed by atoms with E-state index < -0.39 is 35.2 Å². The Bertz CT molecular complexity index is 1120. The predicted molar refractivity (Wildman–Crippen MR) is 122 cm³/mol. The zero-order chi connectivity index (χ0) is 23.0. The van der Waals surface area contributed by atoms with Crippen LogP contribution < -0.4 is 67.5 Å². The Labute approximate surface area is 248 Å². The van der Waals surface area contributed by atoms with Crippen molar-refractivity contribution < 1.29 is 75.7 Å². The van der Waals surface area contributed by atoms with Crippen LogP contribution in [0.4, 0.5) is 0 Å². The minimum atomic E-state index is -1.49. The van der Waals surface area contributed by atoms with Gasteiger partial charge in [0.25, 0.3) is 5.91 Å². The number of carbonyl (C=O) groups excluding carboxylic acids is 4. The summed E-state index contributed by atoms with van der Waals surface area (Å²) in [7, 11) is 0. The quantitative estimate of drug-likeness (QED) is 0.283. The van der Waals surface area contributed by atoms with Crippen LogP contribution in [0.15, 0.2) is 35.0 Å². The van der Waals surface area contributed by atoms with Crippen LogP contribution >= 0.6 is 46.2 Å². The van der Waals surface area contributed by atoms with Crippen LogP contribution in [0.5, 0.6) is 0 Å². The van der Waals surface area contributed by atoms with E-state index >= 15 is 0 Å². The second-order valence-corrected chi connectivity index (χ2v) is 11.2. The van der Waals surface area contributed by atoms with Crippen molar-refractivity contribution in [2.75, 3.05) is 11.5 Å². The number of carboxylic acid groups (broad SMARTS) is 1. The van der Waals surface area contributed by atoms with Gasteiger partial charge >= 0.3 is 51.4 Å². The molecule has 1 fully saturated rings. The molecule has 1 saturated heterocycles. The first-order valence-corrected chi connectivity index (χ1v) is 13.1. The molecule has 4 heterocycles. The third-order valence-corrected chi connectivity index (χ3v) is 9.13. The number of thioether (sulfide) groups is 2. The Morgan fingerprint density at radius 3 is 2.79 bits per heavy atom. The monoisotopic (exact) mass is 548 g/mol. The molecule has 4 rings (SSSR count). The molecule has 9 nitrogen and oxygen atoms in total. The Hall–Kier alpha value is -0.554. The number of hydrogen-bond acceptors (Lipinski definition) is 11. The van der Waals surface area contributed by atoms with Gasteiger partial charge in [-0.15, -0.1) is 34.4 Å². The Morgan fingerprint density at radius 2 is 2.18 bits per heavy atom. The molecular weight excluding hydrogens is 532 g/mol. The number of amides is 2. The van der Waals surface area contributed by atoms with Crippen LogP contribution in [0.2, 0.25) is 0 Å². The predicted octanol–water partition coefficient (Wildman–Crippen LogP) is -2.51. The maximum atomic E-state index is 12.7. The van der Waals surface area contributed by atoms with Crippen LogP contribution in [0.1, 0.15) is 25.6 Å². The number of carboxylic acids is 1. The number of aromatic nitrogens is 1. The molecular formula is C19H17KN4O5S4. The molecule has 3 N–H and O–H groups in total. The van der Waals surface area contributed by atoms with Gasteiger partial charge in [-0.2, -0.15) is 0 Å². The summed E-state index contributed by atoms with van der Waals surface area (Å²) in [4.78, 5) is 56.0. The third-order valence-electron chi connectivity index (χ3n) is 4.84. The number of nitrogens with zero attached hydrogens (tertiary/aromatic N) is 2. The number of thiazole rings is 1. The first kappa shape index (κ1) is 27.0. The van der Waals surface area contributed by atoms with Crippen LogP contribution in [0, 0.1) is 6.92 Å². The van der Waals surface area contributed by atoms with E-state index in [-0.39, 0.29) is 73.7 Å². The van der Waals surface area contributed by atoms with E-state index in [2.05, 4.69) is 10.3 Å². The Balaban J connectivity index is 0.00000306. The molecule has 2 amide bonds. The first-order chi connectivity index (χ1) is 15.3. The molecule has 3 atom stereocenters. The second kappa shape index (κ2) is 11.5. The number of thiophene rings is 1. The number of β-lactam (4-membered cyclic amide) rings is 1. The standard InChI is InChI=1S/C19H18N4O5S4.K/c1-8-5-21-15(32-8)19(28)31-7-9-6-30-17-12(16(25)23(17)13(9)18(26)27)22-14(24)11(20)10-3-2-4-29-10;/h2-5,11-12,17H,6-7,20H2,1H3,(H,22,24)(H,26,27);/q;+1/p-1/t11?,12?,17-;/m1./s1. The average Bonchev–Trinajstić information content (AvgIpc) is 3.46. The SMILES string of the molecule is Cc1cnc(C(=O)SCC2=C(C(=O)[O-])N3C(=O)C(NC(=O)C(N)c4cccs4)[C@H]3SC2)s1.[K+]. The van der Waals surface area contributed by atoms with E-state index in [0.717, 1.165) is 21.5 Å². The van der Waals surface area contributed by atoms with E-state index in [0.29, 0.717) is 15.5 Å². The molecule has 168 valence electrons. The summed E-state index contributed by atoms with van der Waals surface area (Å²) in [5, 5.41) is 15.8. The number of aryl methyl sites for hydroxylation is 1. The molecule has 0 aromatic carbocycles. The number of nitrogens with two attached hydrogens (primary N) is 1. The fraction of sp³-hybridized carbons (Fsp3) is 0.316. The number of nitrogens with one attached hydrogen (secondary N) is 1. The zero-order valence-corrected chi connectivity index (χ0v) is 24.0. The smallest absolute Gasteiger partial charge is 0.543 e. The number of aliphatic carboxylic acids is 1. The first-order valence-electron chi connectivity index (χ1n) is 9.35. The van der Waals surface area contributed by atoms with Gasteiger partial charge in [0, 0.05) is 27.5 Å². The minimum Gasteiger partial charge on any atom is -0.543 e. The summed E-state index contributed by atoms with van der Waals surface area (Å²) in [6, 6.07) is 1.72. The van der Waals surface area contributed by atoms with Crippen molar-refractivity contribution in [1.82, 2.24) is 15.2 Å². The molecule has 0 aliphatic carbocycles. The number of fused-ring (bicyclic) bond motifs is 1. The van der Waals surface area contributed by atoms with E-state index in [9.17, 15) is 24.3 Å². The molecule has 2 unspecified atom stereocenters. The molecule has 2 aromatic rings. The molecule has 14 heteroatoms. The van der Waals surface area contributed by atoms with Gasteiger partial charge in [0.1, 0.15) is 17.5 Å². The van der Waals surface area contributed by atoms with Crippen molar-refractivity contribution in [3.05, 3.63) is 49.7 Å². The van der Waals surface area contributed by atoms with E-state index in [1.807, 2.05) is 6.92 Å². The van der Waals surface area contributed by atoms with Crippen LogP contribution in [-0.2, 0) is 14.4 Å². The van der Waals surface area contributed by atoms with Gasteiger partial charge in [-0.3, -0.25) is 19.3 Å². The van der Waals surface area contributed by atoms with Gasteiger partial charge in [0.2, 0.25) is 11.0 Å². The Morgan fingerprint density at radius 1 is 1.42 bits per heavy atom. The summed E-state index contributed by atoms with van der Waals surface area (Å²) < 4.78 is 0. The van der Waals surface area contributed by atoms with Crippen molar-refractivity contribution >= 4 is 69.1 Å². The van der Waals surface area contributed by atoms with Gasteiger partial charge in [-0.1, -0.05) is 17.8 Å². The summed E-state index contributed by atoms with van der Waals surface area (Å²) in [6.07, 6.45) is 1.60. The van der Waals surface area contributed by atoms with E-state index in [4.69, 9.17) is 5.73 Å². The largest absolute Gasteiger partial charge is 1.00 e. The second-order valence-electron chi connectivity index (χ2n) is 6.98. The van der Waals surface area contributed by atoms with Crippen LogP contribution in [0.3, 0.4) is 0 Å². The van der Waals surface area contributed by atoms with Gasteiger partial charge in [-0.05, 0) is 23.9 Å². The maximum Gasteiger partial charge on any atom is 1.00 e. The van der Waals surface area contributed by atoms with Gasteiger partial charge in [0.05, 0.1) is 11.7 Å². The molecule has 0 radical (unpaired) electrons. The number of hydrogen-bond donors (Lipinski definition) is 2. The molecule has 0 spiro atoms. The van der Waals surface area contributed by atoms with Crippen molar-refractivity contribution in [2.24, 2.45) is 5.73 Å². The zero-order valence-electron chi connectivity index (χ0n) is 17.6. The minimum absolute atomic E-state index is 0. The molecule has 2 aromatic heterocycles. The summed E-state index contributed by atoms with van der Waals surface area (Å²) >= 11 is 4.86.